The number of aliphatic hydroxyl groups excluding tert-OH is 1. The first-order valence-corrected chi connectivity index (χ1v) is 5.92. The maximum absolute atomic E-state index is 9.25. The van der Waals surface area contributed by atoms with Crippen molar-refractivity contribution in [1.29, 1.82) is 0 Å². The molecule has 0 aromatic carbocycles. The van der Waals surface area contributed by atoms with Crippen LogP contribution in [0.4, 0.5) is 11.5 Å². The Bertz CT molecular complexity index is 384. The van der Waals surface area contributed by atoms with Crippen molar-refractivity contribution in [3.05, 3.63) is 12.1 Å². The van der Waals surface area contributed by atoms with Crippen molar-refractivity contribution in [1.82, 2.24) is 4.98 Å². The number of nitrogens with two attached hydrogens (primary N) is 1. The topological polar surface area (TPSA) is 80.4 Å². The number of hydrogen-bond donors (Lipinski definition) is 3. The summed E-state index contributed by atoms with van der Waals surface area (Å²) in [4.78, 5) is 4.28. The number of aliphatic hydroxyl groups is 1. The van der Waals surface area contributed by atoms with Gasteiger partial charge in [-0.15, -0.1) is 0 Å². The second-order valence-electron chi connectivity index (χ2n) is 4.42. The van der Waals surface area contributed by atoms with Gasteiger partial charge in [0.15, 0.2) is 0 Å². The van der Waals surface area contributed by atoms with Gasteiger partial charge in [-0.3, -0.25) is 0 Å². The molecule has 0 radical (unpaired) electrons. The van der Waals surface area contributed by atoms with Gasteiger partial charge in [0.25, 0.3) is 0 Å². The molecule has 1 saturated carbocycles. The number of anilines is 2. The van der Waals surface area contributed by atoms with E-state index in [0.29, 0.717) is 23.5 Å². The van der Waals surface area contributed by atoms with E-state index in [9.17, 15) is 5.11 Å². The van der Waals surface area contributed by atoms with E-state index in [1.54, 1.807) is 13.2 Å². The van der Waals surface area contributed by atoms with E-state index in [1.807, 2.05) is 6.07 Å². The number of nitrogens with zero attached hydrogens (tertiary/aromatic N) is 1. The molecule has 94 valence electrons. The third-order valence-electron chi connectivity index (χ3n) is 3.31. The van der Waals surface area contributed by atoms with E-state index in [0.717, 1.165) is 25.1 Å². The van der Waals surface area contributed by atoms with Gasteiger partial charge in [-0.2, -0.15) is 4.98 Å². The number of aromatic nitrogens is 1. The third-order valence-corrected chi connectivity index (χ3v) is 3.31. The molecule has 0 spiro atoms. The van der Waals surface area contributed by atoms with Gasteiger partial charge in [-0.1, -0.05) is 6.42 Å². The van der Waals surface area contributed by atoms with E-state index in [1.165, 1.54) is 0 Å². The van der Waals surface area contributed by atoms with E-state index < -0.39 is 0 Å². The Hall–Kier alpha value is -1.49. The van der Waals surface area contributed by atoms with Crippen molar-refractivity contribution in [2.24, 2.45) is 5.92 Å². The molecule has 2 unspecified atom stereocenters. The van der Waals surface area contributed by atoms with E-state index in [-0.39, 0.29) is 6.61 Å². The van der Waals surface area contributed by atoms with Gasteiger partial charge in [0.2, 0.25) is 5.88 Å². The summed E-state index contributed by atoms with van der Waals surface area (Å²) in [7, 11) is 1.55. The first-order valence-electron chi connectivity index (χ1n) is 5.92. The summed E-state index contributed by atoms with van der Waals surface area (Å²) < 4.78 is 5.08. The Morgan fingerprint density at radius 1 is 1.53 bits per heavy atom. The van der Waals surface area contributed by atoms with Crippen LogP contribution in [-0.4, -0.2) is 29.8 Å². The molecule has 1 fully saturated rings. The fourth-order valence-electron chi connectivity index (χ4n) is 2.33. The standard InChI is InChI=1S/C12H19N3O2/c1-17-12-9(13)5-6-11(15-12)14-10-4-2-3-8(10)7-16/h5-6,8,10,16H,2-4,7,13H2,1H3,(H,14,15). The van der Waals surface area contributed by atoms with E-state index >= 15 is 0 Å². The number of rotatable bonds is 4. The quantitative estimate of drug-likeness (QED) is 0.734. The second-order valence-corrected chi connectivity index (χ2v) is 4.42. The van der Waals surface area contributed by atoms with Crippen LogP contribution in [0.3, 0.4) is 0 Å². The lowest BCUT2D eigenvalue weighted by molar-refractivity contribution is 0.222. The average molecular weight is 237 g/mol. The summed E-state index contributed by atoms with van der Waals surface area (Å²) in [5.41, 5.74) is 6.24. The highest BCUT2D eigenvalue weighted by Gasteiger charge is 2.26. The molecule has 1 aromatic rings. The second kappa shape index (κ2) is 5.23. The largest absolute Gasteiger partial charge is 0.479 e. The molecule has 1 heterocycles. The summed E-state index contributed by atoms with van der Waals surface area (Å²) >= 11 is 0. The smallest absolute Gasteiger partial charge is 0.238 e. The Morgan fingerprint density at radius 2 is 2.35 bits per heavy atom. The highest BCUT2D eigenvalue weighted by atomic mass is 16.5. The normalized spacial score (nSPS) is 23.6. The number of ether oxygens (including phenoxy) is 1. The van der Waals surface area contributed by atoms with Crippen molar-refractivity contribution in [3.8, 4) is 5.88 Å². The average Bonchev–Trinajstić information content (AvgIpc) is 2.79. The molecule has 5 heteroatoms. The molecular weight excluding hydrogens is 218 g/mol. The maximum Gasteiger partial charge on any atom is 0.238 e. The summed E-state index contributed by atoms with van der Waals surface area (Å²) in [5.74, 6) is 1.51. The first kappa shape index (κ1) is 12.0. The van der Waals surface area contributed by atoms with Gasteiger partial charge in [-0.25, -0.2) is 0 Å². The van der Waals surface area contributed by atoms with E-state index in [2.05, 4.69) is 10.3 Å². The van der Waals surface area contributed by atoms with Gasteiger partial charge >= 0.3 is 0 Å². The summed E-state index contributed by atoms with van der Waals surface area (Å²) in [6.07, 6.45) is 3.29. The molecule has 1 aliphatic carbocycles. The summed E-state index contributed by atoms with van der Waals surface area (Å²) in [6, 6.07) is 3.91. The number of pyridine rings is 1. The SMILES string of the molecule is COc1nc(NC2CCCC2CO)ccc1N. The Balaban J connectivity index is 2.08. The predicted octanol–water partition coefficient (Wildman–Crippen LogP) is 1.25. The van der Waals surface area contributed by atoms with Crippen LogP contribution in [0.1, 0.15) is 19.3 Å². The van der Waals surface area contributed by atoms with Crippen molar-refractivity contribution in [2.45, 2.75) is 25.3 Å². The van der Waals surface area contributed by atoms with Crippen LogP contribution in [-0.2, 0) is 0 Å². The van der Waals surface area contributed by atoms with Crippen LogP contribution in [0.5, 0.6) is 5.88 Å². The minimum atomic E-state index is 0.226. The highest BCUT2D eigenvalue weighted by Crippen LogP contribution is 2.29. The molecule has 0 amide bonds. The predicted molar refractivity (Wildman–Crippen MR) is 67.0 cm³/mol. The van der Waals surface area contributed by atoms with Gasteiger partial charge < -0.3 is 20.9 Å². The van der Waals surface area contributed by atoms with Gasteiger partial charge in [0, 0.05) is 18.6 Å². The highest BCUT2D eigenvalue weighted by molar-refractivity contribution is 5.53. The number of nitrogen functional groups attached to an aromatic ring is 1. The lowest BCUT2D eigenvalue weighted by atomic mass is 10.1. The van der Waals surface area contributed by atoms with Crippen LogP contribution < -0.4 is 15.8 Å². The molecule has 0 bridgehead atoms. The van der Waals surface area contributed by atoms with E-state index in [4.69, 9.17) is 10.5 Å². The minimum Gasteiger partial charge on any atom is -0.479 e. The first-order chi connectivity index (χ1) is 8.24. The number of hydrogen-bond acceptors (Lipinski definition) is 5. The fraction of sp³-hybridized carbons (Fsp3) is 0.583. The van der Waals surface area contributed by atoms with Crippen LogP contribution in [0.2, 0.25) is 0 Å². The molecule has 0 saturated heterocycles. The molecule has 1 aliphatic rings. The Kier molecular flexibility index (Phi) is 3.68. The molecule has 4 N–H and O–H groups in total. The van der Waals surface area contributed by atoms with Crippen molar-refractivity contribution < 1.29 is 9.84 Å². The molecule has 5 nitrogen and oxygen atoms in total. The molecule has 17 heavy (non-hydrogen) atoms. The third kappa shape index (κ3) is 2.61. The summed E-state index contributed by atoms with van der Waals surface area (Å²) in [5, 5.41) is 12.6. The molecule has 1 aromatic heterocycles. The van der Waals surface area contributed by atoms with Crippen LogP contribution in [0, 0.1) is 5.92 Å². The van der Waals surface area contributed by atoms with Crippen LogP contribution in [0.25, 0.3) is 0 Å². The molecule has 2 rings (SSSR count). The number of nitrogens with one attached hydrogen (secondary N) is 1. The summed E-state index contributed by atoms with van der Waals surface area (Å²) in [6.45, 7) is 0.226. The Labute approximate surface area is 101 Å². The van der Waals surface area contributed by atoms with Gasteiger partial charge in [-0.05, 0) is 25.0 Å². The Morgan fingerprint density at radius 3 is 3.06 bits per heavy atom. The zero-order chi connectivity index (χ0) is 12.3. The fourth-order valence-corrected chi connectivity index (χ4v) is 2.33. The van der Waals surface area contributed by atoms with Crippen molar-refractivity contribution >= 4 is 11.5 Å². The van der Waals surface area contributed by atoms with Gasteiger partial charge in [0.1, 0.15) is 5.82 Å². The zero-order valence-corrected chi connectivity index (χ0v) is 10.0. The molecule has 2 atom stereocenters. The lowest BCUT2D eigenvalue weighted by Gasteiger charge is -2.20. The van der Waals surface area contributed by atoms with Crippen molar-refractivity contribution in [2.75, 3.05) is 24.8 Å². The molecule has 0 aliphatic heterocycles. The van der Waals surface area contributed by atoms with Crippen molar-refractivity contribution in [3.63, 3.8) is 0 Å². The van der Waals surface area contributed by atoms with Crippen LogP contribution in [0.15, 0.2) is 12.1 Å². The maximum atomic E-state index is 9.25. The molecular formula is C12H19N3O2. The van der Waals surface area contributed by atoms with Crippen LogP contribution >= 0.6 is 0 Å². The number of methoxy groups -OCH3 is 1. The monoisotopic (exact) mass is 237 g/mol. The van der Waals surface area contributed by atoms with Gasteiger partial charge in [0.05, 0.1) is 12.8 Å². The lowest BCUT2D eigenvalue weighted by Crippen LogP contribution is -2.26. The minimum absolute atomic E-state index is 0.226. The zero-order valence-electron chi connectivity index (χ0n) is 10.0.